The number of rotatable bonds is 8. The molecule has 1 aliphatic carbocycles. The summed E-state index contributed by atoms with van der Waals surface area (Å²) in [6.07, 6.45) is 4.04. The van der Waals surface area contributed by atoms with Crippen molar-refractivity contribution < 1.29 is 19.5 Å². The molecule has 1 saturated heterocycles. The lowest BCUT2D eigenvalue weighted by Gasteiger charge is -2.16. The Kier molecular flexibility index (Phi) is 5.20. The fraction of sp³-hybridized carbons (Fsp3) is 0.800. The molecular formula is C15H24N2O4. The van der Waals surface area contributed by atoms with Crippen molar-refractivity contribution in [2.24, 2.45) is 11.8 Å². The minimum absolute atomic E-state index is 0.0445. The second-order valence-electron chi connectivity index (χ2n) is 6.30. The number of likely N-dealkylation sites (tertiary alicyclic amines) is 1. The molecule has 118 valence electrons. The minimum atomic E-state index is -0.782. The molecule has 2 rings (SSSR count). The van der Waals surface area contributed by atoms with Gasteiger partial charge in [-0.3, -0.25) is 14.4 Å². The van der Waals surface area contributed by atoms with Crippen LogP contribution in [0.2, 0.25) is 0 Å². The molecule has 2 amide bonds. The van der Waals surface area contributed by atoms with Gasteiger partial charge < -0.3 is 15.3 Å². The Bertz CT molecular complexity index is 420. The van der Waals surface area contributed by atoms with Crippen molar-refractivity contribution in [2.45, 2.75) is 51.5 Å². The second kappa shape index (κ2) is 6.91. The Hall–Kier alpha value is -1.59. The zero-order valence-corrected chi connectivity index (χ0v) is 12.5. The Balaban J connectivity index is 1.63. The fourth-order valence-corrected chi connectivity index (χ4v) is 2.75. The molecule has 2 N–H and O–H groups in total. The van der Waals surface area contributed by atoms with E-state index in [0.717, 1.165) is 19.3 Å². The molecule has 2 atom stereocenters. The molecule has 6 nitrogen and oxygen atoms in total. The first-order valence-electron chi connectivity index (χ1n) is 7.76. The van der Waals surface area contributed by atoms with E-state index in [4.69, 9.17) is 5.11 Å². The molecule has 1 heterocycles. The lowest BCUT2D eigenvalue weighted by molar-refractivity contribution is -0.137. The minimum Gasteiger partial charge on any atom is -0.481 e. The van der Waals surface area contributed by atoms with Gasteiger partial charge in [0.1, 0.15) is 0 Å². The lowest BCUT2D eigenvalue weighted by Crippen LogP contribution is -2.34. The van der Waals surface area contributed by atoms with Crippen LogP contribution in [0.1, 0.15) is 45.4 Å². The van der Waals surface area contributed by atoms with Crippen LogP contribution in [0.4, 0.5) is 0 Å². The smallest absolute Gasteiger partial charge is 0.303 e. The van der Waals surface area contributed by atoms with Gasteiger partial charge in [-0.25, -0.2) is 0 Å². The topological polar surface area (TPSA) is 86.7 Å². The molecule has 2 aliphatic rings. The van der Waals surface area contributed by atoms with Gasteiger partial charge in [-0.1, -0.05) is 6.92 Å². The predicted molar refractivity (Wildman–Crippen MR) is 76.5 cm³/mol. The second-order valence-corrected chi connectivity index (χ2v) is 6.30. The van der Waals surface area contributed by atoms with Gasteiger partial charge in [-0.05, 0) is 31.6 Å². The maximum atomic E-state index is 12.0. The summed E-state index contributed by atoms with van der Waals surface area (Å²) in [6, 6.07) is 0.381. The Labute approximate surface area is 124 Å². The highest BCUT2D eigenvalue weighted by molar-refractivity contribution is 5.89. The highest BCUT2D eigenvalue weighted by Crippen LogP contribution is 2.32. The number of carboxylic acid groups (broad SMARTS) is 1. The summed E-state index contributed by atoms with van der Waals surface area (Å²) in [6.45, 7) is 3.10. The van der Waals surface area contributed by atoms with E-state index in [0.29, 0.717) is 32.0 Å². The van der Waals surface area contributed by atoms with Crippen LogP contribution in [0, 0.1) is 11.8 Å². The van der Waals surface area contributed by atoms with Gasteiger partial charge in [0.05, 0.1) is 5.92 Å². The van der Waals surface area contributed by atoms with Crippen LogP contribution < -0.4 is 5.32 Å². The molecular weight excluding hydrogens is 272 g/mol. The van der Waals surface area contributed by atoms with Crippen molar-refractivity contribution in [2.75, 3.05) is 13.1 Å². The molecule has 2 fully saturated rings. The van der Waals surface area contributed by atoms with Crippen LogP contribution in [-0.2, 0) is 14.4 Å². The van der Waals surface area contributed by atoms with E-state index in [1.54, 1.807) is 0 Å². The van der Waals surface area contributed by atoms with Gasteiger partial charge in [0.25, 0.3) is 0 Å². The summed E-state index contributed by atoms with van der Waals surface area (Å²) >= 11 is 0. The molecule has 0 aromatic rings. The van der Waals surface area contributed by atoms with Crippen molar-refractivity contribution in [1.29, 1.82) is 0 Å². The molecule has 2 unspecified atom stereocenters. The van der Waals surface area contributed by atoms with Crippen LogP contribution in [0.15, 0.2) is 0 Å². The van der Waals surface area contributed by atoms with E-state index < -0.39 is 5.97 Å². The van der Waals surface area contributed by atoms with Crippen LogP contribution in [-0.4, -0.2) is 46.9 Å². The first-order valence-corrected chi connectivity index (χ1v) is 7.76. The van der Waals surface area contributed by atoms with Gasteiger partial charge in [0, 0.05) is 32.0 Å². The summed E-state index contributed by atoms with van der Waals surface area (Å²) in [5.41, 5.74) is 0. The first kappa shape index (κ1) is 15.8. The molecule has 0 aromatic carbocycles. The van der Waals surface area contributed by atoms with E-state index in [1.165, 1.54) is 0 Å². The van der Waals surface area contributed by atoms with E-state index in [2.05, 4.69) is 5.32 Å². The molecule has 0 spiro atoms. The molecule has 21 heavy (non-hydrogen) atoms. The number of hydrogen-bond acceptors (Lipinski definition) is 3. The fourth-order valence-electron chi connectivity index (χ4n) is 2.75. The summed E-state index contributed by atoms with van der Waals surface area (Å²) in [4.78, 5) is 36.2. The van der Waals surface area contributed by atoms with Crippen LogP contribution in [0.25, 0.3) is 0 Å². The van der Waals surface area contributed by atoms with E-state index in [-0.39, 0.29) is 30.1 Å². The number of aliphatic carboxylic acids is 1. The van der Waals surface area contributed by atoms with Crippen molar-refractivity contribution in [3.05, 3.63) is 0 Å². The number of carbonyl (C=O) groups is 3. The number of carbonyl (C=O) groups excluding carboxylic acids is 2. The average Bonchev–Trinajstić information content (AvgIpc) is 3.19. The molecule has 0 bridgehead atoms. The third-order valence-electron chi connectivity index (χ3n) is 4.30. The molecule has 0 radical (unpaired) electrons. The van der Waals surface area contributed by atoms with Crippen molar-refractivity contribution in [3.63, 3.8) is 0 Å². The van der Waals surface area contributed by atoms with Gasteiger partial charge in [-0.2, -0.15) is 0 Å². The predicted octanol–water partition coefficient (Wildman–Crippen LogP) is 1.00. The summed E-state index contributed by atoms with van der Waals surface area (Å²) in [7, 11) is 0. The van der Waals surface area contributed by atoms with Gasteiger partial charge in [-0.15, -0.1) is 0 Å². The standard InChI is InChI=1S/C15H24N2O4/c1-10(2-5-14(19)20)6-7-16-15(21)11-8-13(18)17(9-11)12-3-4-12/h10-12H,2-9H2,1H3,(H,16,21)(H,19,20). The number of hydrogen-bond donors (Lipinski definition) is 2. The quantitative estimate of drug-likeness (QED) is 0.699. The van der Waals surface area contributed by atoms with Gasteiger partial charge in [0.2, 0.25) is 11.8 Å². The number of nitrogens with zero attached hydrogens (tertiary/aromatic N) is 1. The van der Waals surface area contributed by atoms with Crippen molar-refractivity contribution >= 4 is 17.8 Å². The Morgan fingerprint density at radius 2 is 2.10 bits per heavy atom. The van der Waals surface area contributed by atoms with Crippen LogP contribution in [0.3, 0.4) is 0 Å². The van der Waals surface area contributed by atoms with Crippen LogP contribution in [0.5, 0.6) is 0 Å². The average molecular weight is 296 g/mol. The summed E-state index contributed by atoms with van der Waals surface area (Å²) in [5, 5.41) is 11.5. The number of nitrogens with one attached hydrogen (secondary N) is 1. The highest BCUT2D eigenvalue weighted by Gasteiger charge is 2.41. The largest absolute Gasteiger partial charge is 0.481 e. The van der Waals surface area contributed by atoms with Crippen molar-refractivity contribution in [3.8, 4) is 0 Å². The zero-order valence-electron chi connectivity index (χ0n) is 12.5. The monoisotopic (exact) mass is 296 g/mol. The molecule has 0 aromatic heterocycles. The summed E-state index contributed by atoms with van der Waals surface area (Å²) in [5.74, 6) is -0.665. The molecule has 6 heteroatoms. The van der Waals surface area contributed by atoms with E-state index >= 15 is 0 Å². The normalized spacial score (nSPS) is 23.2. The van der Waals surface area contributed by atoms with E-state index in [1.807, 2.05) is 11.8 Å². The lowest BCUT2D eigenvalue weighted by atomic mass is 10.0. The van der Waals surface area contributed by atoms with E-state index in [9.17, 15) is 14.4 Å². The van der Waals surface area contributed by atoms with Gasteiger partial charge in [0.15, 0.2) is 0 Å². The third-order valence-corrected chi connectivity index (χ3v) is 4.30. The van der Waals surface area contributed by atoms with Gasteiger partial charge >= 0.3 is 5.97 Å². The first-order chi connectivity index (χ1) is 9.97. The number of amides is 2. The highest BCUT2D eigenvalue weighted by atomic mass is 16.4. The maximum absolute atomic E-state index is 12.0. The summed E-state index contributed by atoms with van der Waals surface area (Å²) < 4.78 is 0. The van der Waals surface area contributed by atoms with Crippen molar-refractivity contribution in [1.82, 2.24) is 10.2 Å². The number of carboxylic acids is 1. The van der Waals surface area contributed by atoms with Crippen LogP contribution >= 0.6 is 0 Å². The Morgan fingerprint density at radius 1 is 1.38 bits per heavy atom. The molecule has 1 aliphatic heterocycles. The Morgan fingerprint density at radius 3 is 2.71 bits per heavy atom. The third kappa shape index (κ3) is 4.72. The SMILES string of the molecule is CC(CCNC(=O)C1CC(=O)N(C2CC2)C1)CCC(=O)O. The molecule has 1 saturated carbocycles. The maximum Gasteiger partial charge on any atom is 0.303 e. The zero-order chi connectivity index (χ0) is 15.4.